The van der Waals surface area contributed by atoms with Crippen LogP contribution in [0.2, 0.25) is 0 Å². The number of amides is 1. The summed E-state index contributed by atoms with van der Waals surface area (Å²) in [5, 5.41) is 11.5. The fourth-order valence-electron chi connectivity index (χ4n) is 5.15. The topological polar surface area (TPSA) is 92.2 Å². The molecule has 1 aromatic carbocycles. The lowest BCUT2D eigenvalue weighted by atomic mass is 9.95. The Morgan fingerprint density at radius 1 is 1.10 bits per heavy atom. The van der Waals surface area contributed by atoms with Crippen LogP contribution in [-0.2, 0) is 14.3 Å². The number of carbonyl (C=O) groups is 2. The van der Waals surface area contributed by atoms with Crippen LogP contribution in [0.5, 0.6) is 5.75 Å². The van der Waals surface area contributed by atoms with Gasteiger partial charge in [0.2, 0.25) is 0 Å². The van der Waals surface area contributed by atoms with Crippen molar-refractivity contribution in [3.05, 3.63) is 101 Å². The molecule has 1 amide bonds. The molecule has 2 aromatic rings. The predicted octanol–water partition coefficient (Wildman–Crippen LogP) is 4.99. The molecule has 1 N–H and O–H groups in total. The second kappa shape index (κ2) is 14.6. The zero-order chi connectivity index (χ0) is 29.2. The molecule has 1 unspecified atom stereocenters. The highest BCUT2D eigenvalue weighted by Gasteiger charge is 2.45. The summed E-state index contributed by atoms with van der Waals surface area (Å²) in [5.74, 6) is -0.806. The number of carbonyl (C=O) groups excluding carboxylic acids is 2. The molecule has 2 fully saturated rings. The van der Waals surface area contributed by atoms with Gasteiger partial charge in [-0.1, -0.05) is 30.4 Å². The van der Waals surface area contributed by atoms with Crippen molar-refractivity contribution in [3.8, 4) is 5.75 Å². The van der Waals surface area contributed by atoms with E-state index in [1.807, 2.05) is 51.2 Å². The highest BCUT2D eigenvalue weighted by atomic mass is 16.5. The van der Waals surface area contributed by atoms with Crippen LogP contribution in [0.3, 0.4) is 0 Å². The number of rotatable bonds is 11. The third-order valence-corrected chi connectivity index (χ3v) is 7.27. The Bertz CT molecular complexity index is 1340. The van der Waals surface area contributed by atoms with Gasteiger partial charge >= 0.3 is 0 Å². The first-order valence-electron chi connectivity index (χ1n) is 14.1. The first-order chi connectivity index (χ1) is 19.9. The van der Waals surface area contributed by atoms with E-state index in [-0.39, 0.29) is 11.3 Å². The van der Waals surface area contributed by atoms with Crippen molar-refractivity contribution >= 4 is 17.4 Å². The molecule has 2 saturated heterocycles. The Labute approximate surface area is 242 Å². The maximum Gasteiger partial charge on any atom is 0.295 e. The van der Waals surface area contributed by atoms with Gasteiger partial charge in [0, 0.05) is 44.1 Å². The number of hydrogen-bond donors (Lipinski definition) is 1. The molecule has 0 aliphatic carbocycles. The lowest BCUT2D eigenvalue weighted by Crippen LogP contribution is -2.38. The van der Waals surface area contributed by atoms with Crippen molar-refractivity contribution in [1.82, 2.24) is 14.8 Å². The van der Waals surface area contributed by atoms with E-state index < -0.39 is 17.7 Å². The first kappa shape index (κ1) is 30.0. The van der Waals surface area contributed by atoms with E-state index in [0.29, 0.717) is 44.1 Å². The van der Waals surface area contributed by atoms with E-state index in [4.69, 9.17) is 9.47 Å². The summed E-state index contributed by atoms with van der Waals surface area (Å²) in [6.45, 7) is 10.5. The van der Waals surface area contributed by atoms with Crippen LogP contribution in [0.4, 0.5) is 0 Å². The average Bonchev–Trinajstić information content (AvgIpc) is 3.24. The standard InChI is InChI=1S/C33H39N3O5/c1-4-6-9-25(8-5-2)23-41-28-11-10-27(22-24(28)3)31(37)29-30(26-12-14-34-15-13-26)36(33(39)32(29)38)17-7-16-35-18-20-40-21-19-35/h4-6,8-15,22,30,37H,7,16-21,23H2,1-3H3/b6-4-,8-5-,25-9+,31-29?. The summed E-state index contributed by atoms with van der Waals surface area (Å²) in [5.41, 5.74) is 3.10. The Kier molecular flexibility index (Phi) is 10.6. The smallest absolute Gasteiger partial charge is 0.295 e. The van der Waals surface area contributed by atoms with E-state index in [0.717, 1.165) is 36.3 Å². The number of Topliss-reactive ketones (excluding diaryl/α,β-unsaturated/α-hetero) is 1. The van der Waals surface area contributed by atoms with Crippen molar-refractivity contribution in [2.75, 3.05) is 46.0 Å². The summed E-state index contributed by atoms with van der Waals surface area (Å²) in [6.07, 6.45) is 13.8. The molecular formula is C33H39N3O5. The molecule has 0 bridgehead atoms. The quantitative estimate of drug-likeness (QED) is 0.180. The van der Waals surface area contributed by atoms with Crippen LogP contribution in [0.15, 0.2) is 84.3 Å². The van der Waals surface area contributed by atoms with Crippen LogP contribution in [-0.4, -0.2) is 77.6 Å². The summed E-state index contributed by atoms with van der Waals surface area (Å²) >= 11 is 0. The normalized spacial score (nSPS) is 20.0. The second-order valence-corrected chi connectivity index (χ2v) is 10.1. The largest absolute Gasteiger partial charge is 0.507 e. The molecule has 4 rings (SSSR count). The number of nitrogens with zero attached hydrogens (tertiary/aromatic N) is 3. The zero-order valence-electron chi connectivity index (χ0n) is 24.1. The van der Waals surface area contributed by atoms with Gasteiger partial charge in [-0.2, -0.15) is 0 Å². The average molecular weight is 558 g/mol. The number of hydrogen-bond acceptors (Lipinski definition) is 7. The molecule has 41 heavy (non-hydrogen) atoms. The van der Waals surface area contributed by atoms with Gasteiger partial charge < -0.3 is 19.5 Å². The molecule has 0 saturated carbocycles. The first-order valence-corrected chi connectivity index (χ1v) is 14.1. The molecule has 2 aliphatic rings. The molecule has 8 nitrogen and oxygen atoms in total. The van der Waals surface area contributed by atoms with Crippen LogP contribution in [0.1, 0.15) is 43.0 Å². The molecular weight excluding hydrogens is 518 g/mol. The lowest BCUT2D eigenvalue weighted by Gasteiger charge is -2.29. The van der Waals surface area contributed by atoms with Crippen molar-refractivity contribution in [3.63, 3.8) is 0 Å². The summed E-state index contributed by atoms with van der Waals surface area (Å²) in [6, 6.07) is 8.16. The van der Waals surface area contributed by atoms with Crippen molar-refractivity contribution in [2.45, 2.75) is 33.2 Å². The Hall–Kier alpha value is -4.01. The molecule has 2 aliphatic heterocycles. The number of pyridine rings is 1. The van der Waals surface area contributed by atoms with E-state index in [1.54, 1.807) is 47.6 Å². The molecule has 216 valence electrons. The van der Waals surface area contributed by atoms with Gasteiger partial charge in [0.25, 0.3) is 11.7 Å². The highest BCUT2D eigenvalue weighted by Crippen LogP contribution is 2.39. The molecule has 1 aromatic heterocycles. The third kappa shape index (κ3) is 7.39. The molecule has 3 heterocycles. The maximum atomic E-state index is 13.4. The van der Waals surface area contributed by atoms with Gasteiger partial charge in [0.15, 0.2) is 0 Å². The van der Waals surface area contributed by atoms with Gasteiger partial charge in [-0.3, -0.25) is 19.5 Å². The number of aromatic nitrogens is 1. The predicted molar refractivity (Wildman–Crippen MR) is 160 cm³/mol. The lowest BCUT2D eigenvalue weighted by molar-refractivity contribution is -0.140. The number of ketones is 1. The minimum Gasteiger partial charge on any atom is -0.507 e. The number of benzene rings is 1. The minimum atomic E-state index is -0.695. The summed E-state index contributed by atoms with van der Waals surface area (Å²) in [4.78, 5) is 34.6. The van der Waals surface area contributed by atoms with E-state index in [9.17, 15) is 14.7 Å². The zero-order valence-corrected chi connectivity index (χ0v) is 24.1. The van der Waals surface area contributed by atoms with Gasteiger partial charge in [0.1, 0.15) is 18.1 Å². The van der Waals surface area contributed by atoms with Crippen LogP contribution >= 0.6 is 0 Å². The molecule has 1 atom stereocenters. The highest BCUT2D eigenvalue weighted by molar-refractivity contribution is 6.46. The number of aryl methyl sites for hydroxylation is 1. The van der Waals surface area contributed by atoms with Gasteiger partial charge in [0.05, 0.1) is 24.8 Å². The monoisotopic (exact) mass is 557 g/mol. The second-order valence-electron chi connectivity index (χ2n) is 10.1. The van der Waals surface area contributed by atoms with Crippen molar-refractivity contribution < 1.29 is 24.2 Å². The molecule has 8 heteroatoms. The fraction of sp³-hybridized carbons (Fsp3) is 0.364. The van der Waals surface area contributed by atoms with E-state index in [2.05, 4.69) is 9.88 Å². The van der Waals surface area contributed by atoms with Gasteiger partial charge in [-0.25, -0.2) is 0 Å². The number of morpholine rings is 1. The number of likely N-dealkylation sites (tertiary alicyclic amines) is 1. The summed E-state index contributed by atoms with van der Waals surface area (Å²) in [7, 11) is 0. The van der Waals surface area contributed by atoms with Crippen molar-refractivity contribution in [2.24, 2.45) is 0 Å². The Morgan fingerprint density at radius 2 is 1.85 bits per heavy atom. The Balaban J connectivity index is 1.59. The number of aliphatic hydroxyl groups is 1. The fourth-order valence-corrected chi connectivity index (χ4v) is 5.15. The van der Waals surface area contributed by atoms with Crippen LogP contribution in [0, 0.1) is 6.92 Å². The third-order valence-electron chi connectivity index (χ3n) is 7.27. The minimum absolute atomic E-state index is 0.0882. The number of aliphatic hydroxyl groups excluding tert-OH is 1. The van der Waals surface area contributed by atoms with Crippen LogP contribution in [0.25, 0.3) is 5.76 Å². The van der Waals surface area contributed by atoms with Gasteiger partial charge in [-0.15, -0.1) is 0 Å². The van der Waals surface area contributed by atoms with Gasteiger partial charge in [-0.05, 0) is 74.2 Å². The summed E-state index contributed by atoms with van der Waals surface area (Å²) < 4.78 is 11.5. The van der Waals surface area contributed by atoms with Crippen molar-refractivity contribution in [1.29, 1.82) is 0 Å². The number of ether oxygens (including phenoxy) is 2. The molecule has 0 radical (unpaired) electrons. The maximum absolute atomic E-state index is 13.4. The van der Waals surface area contributed by atoms with E-state index in [1.165, 1.54) is 0 Å². The van der Waals surface area contributed by atoms with Crippen LogP contribution < -0.4 is 4.74 Å². The molecule has 0 spiro atoms. The SMILES string of the molecule is C\C=C/C=C(\C=C/C)COc1ccc(C(O)=C2C(=O)C(=O)N(CCCN3CCOCC3)C2c2ccncc2)cc1C. The number of allylic oxidation sites excluding steroid dienone is 4. The Morgan fingerprint density at radius 3 is 2.54 bits per heavy atom. The van der Waals surface area contributed by atoms with E-state index >= 15 is 0 Å².